The van der Waals surface area contributed by atoms with E-state index < -0.39 is 12.1 Å². The molecule has 2 aromatic heterocycles. The minimum Gasteiger partial charge on any atom is -0.496 e. The van der Waals surface area contributed by atoms with Crippen LogP contribution in [0.2, 0.25) is 0 Å². The lowest BCUT2D eigenvalue weighted by Gasteiger charge is -2.13. The second kappa shape index (κ2) is 11.3. The second-order valence-electron chi connectivity index (χ2n) is 7.27. The van der Waals surface area contributed by atoms with Crippen LogP contribution in [0.5, 0.6) is 5.75 Å². The van der Waals surface area contributed by atoms with Crippen molar-refractivity contribution in [2.75, 3.05) is 38.5 Å². The molecule has 3 N–H and O–H groups in total. The average molecular weight is 473 g/mol. The summed E-state index contributed by atoms with van der Waals surface area (Å²) in [7, 11) is 4.06. The lowest BCUT2D eigenvalue weighted by Crippen LogP contribution is -2.15. The van der Waals surface area contributed by atoms with Gasteiger partial charge in [-0.3, -0.25) is 10.00 Å². The van der Waals surface area contributed by atoms with Gasteiger partial charge in [-0.05, 0) is 18.6 Å². The molecule has 0 fully saturated rings. The maximum absolute atomic E-state index is 11.9. The number of nitrogens with one attached hydrogen (secondary N) is 2. The van der Waals surface area contributed by atoms with Crippen LogP contribution in [0, 0.1) is 0 Å². The Morgan fingerprint density at radius 2 is 1.94 bits per heavy atom. The lowest BCUT2D eigenvalue weighted by atomic mass is 10.1. The molecule has 1 aromatic carbocycles. The number of benzene rings is 1. The van der Waals surface area contributed by atoms with E-state index in [4.69, 9.17) is 9.47 Å². The number of esters is 1. The van der Waals surface area contributed by atoms with E-state index in [1.54, 1.807) is 22.9 Å². The standard InChI is InChI=1S/C22H28N6O6/c1-5-6-9-23-19-18-17(24-21(25-19)26-22(31)34-4)15(12-29)27-28(18)11-14-8-7-13(20(30)33-3)10-16(14)32-2/h7-8,10,29H,5-6,9,11-12H2,1-4H3,(H2,23,24,25,26,31). The number of methoxy groups -OCH3 is 3. The molecule has 0 atom stereocenters. The Morgan fingerprint density at radius 1 is 1.15 bits per heavy atom. The molecule has 0 aliphatic rings. The zero-order valence-corrected chi connectivity index (χ0v) is 19.5. The molecule has 0 radical (unpaired) electrons. The van der Waals surface area contributed by atoms with Crippen molar-refractivity contribution in [3.8, 4) is 5.75 Å². The number of carbonyl (C=O) groups is 2. The van der Waals surface area contributed by atoms with E-state index >= 15 is 0 Å². The molecular weight excluding hydrogens is 444 g/mol. The van der Waals surface area contributed by atoms with Gasteiger partial charge in [0.25, 0.3) is 0 Å². The van der Waals surface area contributed by atoms with Crippen LogP contribution in [0.25, 0.3) is 11.0 Å². The fourth-order valence-corrected chi connectivity index (χ4v) is 3.35. The van der Waals surface area contributed by atoms with Gasteiger partial charge in [0.2, 0.25) is 5.95 Å². The van der Waals surface area contributed by atoms with Gasteiger partial charge in [-0.1, -0.05) is 19.4 Å². The first-order chi connectivity index (χ1) is 16.4. The topological polar surface area (TPSA) is 150 Å². The number of carbonyl (C=O) groups excluding carboxylic acids is 2. The summed E-state index contributed by atoms with van der Waals surface area (Å²) in [5.41, 5.74) is 2.34. The molecule has 12 nitrogen and oxygen atoms in total. The minimum absolute atomic E-state index is 0.0209. The Labute approximate surface area is 196 Å². The van der Waals surface area contributed by atoms with Gasteiger partial charge in [-0.25, -0.2) is 14.6 Å². The van der Waals surface area contributed by atoms with Crippen molar-refractivity contribution in [2.45, 2.75) is 32.9 Å². The first-order valence-corrected chi connectivity index (χ1v) is 10.7. The van der Waals surface area contributed by atoms with E-state index in [9.17, 15) is 14.7 Å². The normalized spacial score (nSPS) is 10.7. The van der Waals surface area contributed by atoms with Crippen molar-refractivity contribution < 1.29 is 28.9 Å². The fraction of sp³-hybridized carbons (Fsp3) is 0.409. The van der Waals surface area contributed by atoms with Gasteiger partial charge in [-0.15, -0.1) is 0 Å². The molecule has 12 heteroatoms. The van der Waals surface area contributed by atoms with Gasteiger partial charge in [0.15, 0.2) is 5.82 Å². The fourth-order valence-electron chi connectivity index (χ4n) is 3.35. The van der Waals surface area contributed by atoms with Crippen LogP contribution in [0.1, 0.15) is 41.4 Å². The molecule has 3 rings (SSSR count). The molecule has 0 saturated heterocycles. The maximum atomic E-state index is 11.9. The highest BCUT2D eigenvalue weighted by molar-refractivity contribution is 5.91. The SMILES string of the molecule is CCCCNc1nc(NC(=O)OC)nc2c(CO)nn(Cc3ccc(C(=O)OC)cc3OC)c12. The van der Waals surface area contributed by atoms with Crippen molar-refractivity contribution in [1.29, 1.82) is 0 Å². The summed E-state index contributed by atoms with van der Waals surface area (Å²) in [5.74, 6) is 0.468. The first-order valence-electron chi connectivity index (χ1n) is 10.7. The molecule has 0 aliphatic carbocycles. The molecule has 34 heavy (non-hydrogen) atoms. The lowest BCUT2D eigenvalue weighted by molar-refractivity contribution is 0.0600. The van der Waals surface area contributed by atoms with Crippen molar-refractivity contribution in [3.05, 3.63) is 35.0 Å². The largest absolute Gasteiger partial charge is 0.496 e. The number of aliphatic hydroxyl groups is 1. The zero-order valence-electron chi connectivity index (χ0n) is 19.5. The Balaban J connectivity index is 2.10. The molecule has 0 bridgehead atoms. The smallest absolute Gasteiger partial charge is 0.413 e. The minimum atomic E-state index is -0.716. The van der Waals surface area contributed by atoms with Crippen molar-refractivity contribution in [1.82, 2.24) is 19.7 Å². The maximum Gasteiger partial charge on any atom is 0.413 e. The Kier molecular flexibility index (Phi) is 8.19. The summed E-state index contributed by atoms with van der Waals surface area (Å²) < 4.78 is 16.5. The number of rotatable bonds is 10. The van der Waals surface area contributed by atoms with Crippen LogP contribution in [-0.4, -0.2) is 64.8 Å². The van der Waals surface area contributed by atoms with E-state index in [1.165, 1.54) is 21.3 Å². The number of amides is 1. The summed E-state index contributed by atoms with van der Waals surface area (Å²) in [4.78, 5) is 32.4. The number of aliphatic hydroxyl groups excluding tert-OH is 1. The molecule has 0 unspecified atom stereocenters. The predicted molar refractivity (Wildman–Crippen MR) is 124 cm³/mol. The molecule has 2 heterocycles. The Hall–Kier alpha value is -3.93. The van der Waals surface area contributed by atoms with E-state index in [1.807, 2.05) is 0 Å². The van der Waals surface area contributed by atoms with Crippen LogP contribution in [0.3, 0.4) is 0 Å². The Morgan fingerprint density at radius 3 is 2.59 bits per heavy atom. The van der Waals surface area contributed by atoms with Crippen molar-refractivity contribution in [2.24, 2.45) is 0 Å². The summed E-state index contributed by atoms with van der Waals surface area (Å²) in [6.45, 7) is 2.58. The monoisotopic (exact) mass is 472 g/mol. The van der Waals surface area contributed by atoms with Crippen LogP contribution in [-0.2, 0) is 22.6 Å². The van der Waals surface area contributed by atoms with Crippen LogP contribution in [0.4, 0.5) is 16.6 Å². The van der Waals surface area contributed by atoms with Gasteiger partial charge in [-0.2, -0.15) is 10.1 Å². The summed E-state index contributed by atoms with van der Waals surface area (Å²) >= 11 is 0. The van der Waals surface area contributed by atoms with Gasteiger partial charge >= 0.3 is 12.1 Å². The van der Waals surface area contributed by atoms with E-state index in [2.05, 4.69) is 37.4 Å². The highest BCUT2D eigenvalue weighted by atomic mass is 16.5. The predicted octanol–water partition coefficient (Wildman–Crippen LogP) is 2.55. The molecule has 0 spiro atoms. The number of aromatic nitrogens is 4. The number of nitrogens with zero attached hydrogens (tertiary/aromatic N) is 4. The van der Waals surface area contributed by atoms with Gasteiger partial charge in [0.05, 0.1) is 40.0 Å². The number of ether oxygens (including phenoxy) is 3. The summed E-state index contributed by atoms with van der Waals surface area (Å²) in [6.07, 6.45) is 1.15. The third kappa shape index (κ3) is 5.34. The quantitative estimate of drug-likeness (QED) is 0.297. The number of hydrogen-bond donors (Lipinski definition) is 3. The number of fused-ring (bicyclic) bond motifs is 1. The summed E-state index contributed by atoms with van der Waals surface area (Å²) in [5, 5.41) is 20.2. The van der Waals surface area contributed by atoms with Gasteiger partial charge in [0.1, 0.15) is 22.5 Å². The molecular formula is C22H28N6O6. The zero-order chi connectivity index (χ0) is 24.7. The highest BCUT2D eigenvalue weighted by Gasteiger charge is 2.21. The van der Waals surface area contributed by atoms with E-state index in [0.29, 0.717) is 40.4 Å². The molecule has 0 aliphatic heterocycles. The number of unbranched alkanes of at least 4 members (excludes halogenated alkanes) is 1. The van der Waals surface area contributed by atoms with Gasteiger partial charge in [0, 0.05) is 12.1 Å². The van der Waals surface area contributed by atoms with E-state index in [0.717, 1.165) is 18.4 Å². The molecule has 0 saturated carbocycles. The van der Waals surface area contributed by atoms with Crippen LogP contribution in [0.15, 0.2) is 18.2 Å². The number of hydrogen-bond acceptors (Lipinski definition) is 10. The molecule has 182 valence electrons. The van der Waals surface area contributed by atoms with Crippen molar-refractivity contribution >= 4 is 34.9 Å². The third-order valence-electron chi connectivity index (χ3n) is 5.06. The van der Waals surface area contributed by atoms with Crippen LogP contribution >= 0.6 is 0 Å². The average Bonchev–Trinajstić information content (AvgIpc) is 3.21. The first kappa shape index (κ1) is 24.7. The Bertz CT molecular complexity index is 1180. The van der Waals surface area contributed by atoms with Crippen LogP contribution < -0.4 is 15.4 Å². The second-order valence-corrected chi connectivity index (χ2v) is 7.27. The van der Waals surface area contributed by atoms with Crippen molar-refractivity contribution in [3.63, 3.8) is 0 Å². The number of anilines is 2. The molecule has 1 amide bonds. The highest BCUT2D eigenvalue weighted by Crippen LogP contribution is 2.28. The van der Waals surface area contributed by atoms with E-state index in [-0.39, 0.29) is 19.1 Å². The summed E-state index contributed by atoms with van der Waals surface area (Å²) in [6, 6.07) is 4.97. The van der Waals surface area contributed by atoms with Gasteiger partial charge < -0.3 is 24.6 Å². The third-order valence-corrected chi connectivity index (χ3v) is 5.06. The molecule has 3 aromatic rings.